The first-order valence-corrected chi connectivity index (χ1v) is 13.9. The summed E-state index contributed by atoms with van der Waals surface area (Å²) in [5.74, 6) is 0.101. The van der Waals surface area contributed by atoms with Gasteiger partial charge in [0.15, 0.2) is 0 Å². The van der Waals surface area contributed by atoms with Crippen LogP contribution in [-0.4, -0.2) is 70.7 Å². The van der Waals surface area contributed by atoms with Gasteiger partial charge in [0.2, 0.25) is 5.91 Å². The van der Waals surface area contributed by atoms with Gasteiger partial charge in [-0.1, -0.05) is 11.6 Å². The zero-order valence-electron chi connectivity index (χ0n) is 20.4. The number of amides is 2. The lowest BCUT2D eigenvalue weighted by Crippen LogP contribution is -2.55. The molecule has 0 bridgehead atoms. The van der Waals surface area contributed by atoms with Crippen LogP contribution in [0.5, 0.6) is 0 Å². The molecule has 0 radical (unpaired) electrons. The molecule has 1 atom stereocenters. The van der Waals surface area contributed by atoms with Crippen molar-refractivity contribution in [2.75, 3.05) is 49.1 Å². The number of piperazine rings is 1. The zero-order valence-corrected chi connectivity index (χ0v) is 22.0. The predicted molar refractivity (Wildman–Crippen MR) is 143 cm³/mol. The van der Waals surface area contributed by atoms with Crippen LogP contribution in [0, 0.1) is 0 Å². The van der Waals surface area contributed by atoms with Crippen molar-refractivity contribution in [3.8, 4) is 0 Å². The summed E-state index contributed by atoms with van der Waals surface area (Å²) >= 11 is 6.16. The Bertz CT molecular complexity index is 1220. The molecule has 2 heterocycles. The van der Waals surface area contributed by atoms with Gasteiger partial charge in [0.05, 0.1) is 11.5 Å². The van der Waals surface area contributed by atoms with Gasteiger partial charge < -0.3 is 19.4 Å². The van der Waals surface area contributed by atoms with E-state index in [4.69, 9.17) is 11.6 Å². The molecule has 0 aromatic heterocycles. The van der Waals surface area contributed by atoms with E-state index in [9.17, 15) is 18.0 Å². The zero-order chi connectivity index (χ0) is 25.9. The molecule has 1 saturated heterocycles. The molecule has 2 aromatic carbocycles. The Kier molecular flexibility index (Phi) is 7.94. The third-order valence-corrected chi connectivity index (χ3v) is 8.18. The van der Waals surface area contributed by atoms with Crippen LogP contribution in [0.15, 0.2) is 47.4 Å². The van der Waals surface area contributed by atoms with Gasteiger partial charge in [0.25, 0.3) is 10.0 Å². The molecule has 0 unspecified atom stereocenters. The Morgan fingerprint density at radius 3 is 2.44 bits per heavy atom. The van der Waals surface area contributed by atoms with Gasteiger partial charge in [-0.2, -0.15) is 0 Å². The van der Waals surface area contributed by atoms with Crippen molar-refractivity contribution in [1.82, 2.24) is 9.62 Å². The van der Waals surface area contributed by atoms with Crippen LogP contribution in [0.25, 0.3) is 0 Å². The normalized spacial score (nSPS) is 16.8. The molecule has 4 rings (SSSR count). The minimum Gasteiger partial charge on any atom is -0.449 e. The number of hydrogen-bond donors (Lipinski definition) is 1. The van der Waals surface area contributed by atoms with E-state index in [2.05, 4.69) is 14.5 Å². The Morgan fingerprint density at radius 2 is 1.78 bits per heavy atom. The van der Waals surface area contributed by atoms with E-state index in [1.807, 2.05) is 34.7 Å². The molecule has 198 valence electrons. The fourth-order valence-corrected chi connectivity index (χ4v) is 5.83. The molecule has 0 spiro atoms. The predicted octanol–water partition coefficient (Wildman–Crippen LogP) is 3.76. The quantitative estimate of drug-likeness (QED) is 0.598. The number of nitrogens with one attached hydrogen (secondary N) is 1. The van der Waals surface area contributed by atoms with Gasteiger partial charge in [0.1, 0.15) is 6.04 Å². The molecule has 9 nitrogen and oxygen atoms in total. The fraction of sp³-hybridized carbons (Fsp3) is 0.440. The Hall–Kier alpha value is -2.98. The molecule has 36 heavy (non-hydrogen) atoms. The lowest BCUT2D eigenvalue weighted by Gasteiger charge is -2.41. The number of rotatable bonds is 6. The van der Waals surface area contributed by atoms with E-state index in [-0.39, 0.29) is 26.3 Å². The van der Waals surface area contributed by atoms with Crippen LogP contribution >= 0.6 is 11.6 Å². The van der Waals surface area contributed by atoms with Crippen LogP contribution in [0.4, 0.5) is 16.2 Å². The van der Waals surface area contributed by atoms with Gasteiger partial charge in [-0.3, -0.25) is 4.79 Å². The smallest absolute Gasteiger partial charge is 0.421 e. The second-order valence-electron chi connectivity index (χ2n) is 8.88. The van der Waals surface area contributed by atoms with Gasteiger partial charge >= 0.3 is 6.09 Å². The second-order valence-corrected chi connectivity index (χ2v) is 11.0. The highest BCUT2D eigenvalue weighted by atomic mass is 35.5. The number of carbonyl (C=O) groups is 2. The van der Waals surface area contributed by atoms with Gasteiger partial charge in [-0.05, 0) is 74.7 Å². The molecule has 2 aliphatic rings. The maximum atomic E-state index is 13.3. The summed E-state index contributed by atoms with van der Waals surface area (Å²) < 4.78 is 31.2. The van der Waals surface area contributed by atoms with Crippen molar-refractivity contribution >= 4 is 45.0 Å². The van der Waals surface area contributed by atoms with E-state index in [0.29, 0.717) is 31.2 Å². The summed E-state index contributed by atoms with van der Waals surface area (Å²) in [5.41, 5.74) is 3.12. The topological polar surface area (TPSA) is 99.3 Å². The van der Waals surface area contributed by atoms with E-state index in [0.717, 1.165) is 30.8 Å². The van der Waals surface area contributed by atoms with Crippen LogP contribution in [-0.2, 0) is 26.0 Å². The standard InChI is InChI=1S/C25H31ClN4O5S.2H2/c1-3-35-25(32)27-36(33,34)22-9-7-21(8-10-22)28-13-15-29(16-14-28)24(31)18(2)30-12-4-5-19-17-20(26)6-11-23(19)30;;/h6-11,17-18H,3-5,12-16H2,1-2H3,(H,27,32);2*1H/t18-;;/m1../s1. The van der Waals surface area contributed by atoms with Crippen molar-refractivity contribution in [3.05, 3.63) is 53.1 Å². The molecular weight excluding hydrogens is 504 g/mol. The number of nitrogens with zero attached hydrogens (tertiary/aromatic N) is 3. The monoisotopic (exact) mass is 538 g/mol. The highest BCUT2D eigenvalue weighted by molar-refractivity contribution is 7.90. The van der Waals surface area contributed by atoms with Crippen molar-refractivity contribution in [1.29, 1.82) is 0 Å². The third kappa shape index (κ3) is 5.70. The molecule has 0 aliphatic carbocycles. The van der Waals surface area contributed by atoms with Gasteiger partial charge in [0, 0.05) is 52.0 Å². The summed E-state index contributed by atoms with van der Waals surface area (Å²) in [7, 11) is -4.00. The summed E-state index contributed by atoms with van der Waals surface area (Å²) in [6, 6.07) is 11.9. The average Bonchev–Trinajstić information content (AvgIpc) is 2.87. The number of anilines is 2. The summed E-state index contributed by atoms with van der Waals surface area (Å²) in [4.78, 5) is 31.0. The second kappa shape index (κ2) is 11.0. The first-order valence-electron chi connectivity index (χ1n) is 12.1. The van der Waals surface area contributed by atoms with E-state index < -0.39 is 16.1 Å². The SMILES string of the molecule is CCOC(=O)NS(=O)(=O)c1ccc(N2CCN(C(=O)[C@@H](C)N3CCCc4cc(Cl)ccc43)CC2)cc1.[HH].[HH]. The van der Waals surface area contributed by atoms with Gasteiger partial charge in [-0.15, -0.1) is 0 Å². The maximum Gasteiger partial charge on any atom is 0.421 e. The number of benzene rings is 2. The van der Waals surface area contributed by atoms with E-state index in [1.165, 1.54) is 17.7 Å². The minimum absolute atomic E-state index is 0. The molecular formula is C25H35ClN4O5S. The maximum absolute atomic E-state index is 13.3. The number of carbonyl (C=O) groups excluding carboxylic acids is 2. The van der Waals surface area contributed by atoms with Crippen molar-refractivity contribution in [2.45, 2.75) is 37.6 Å². The molecule has 2 amide bonds. The van der Waals surface area contributed by atoms with E-state index >= 15 is 0 Å². The first-order chi connectivity index (χ1) is 17.2. The fourth-order valence-electron chi connectivity index (χ4n) is 4.74. The van der Waals surface area contributed by atoms with Crippen molar-refractivity contribution in [2.24, 2.45) is 0 Å². The number of sulfonamides is 1. The molecule has 1 fully saturated rings. The first kappa shape index (κ1) is 26.1. The summed E-state index contributed by atoms with van der Waals surface area (Å²) in [6.07, 6.45) is 0.943. The number of ether oxygens (including phenoxy) is 1. The van der Waals surface area contributed by atoms with Crippen LogP contribution in [0.2, 0.25) is 5.02 Å². The Morgan fingerprint density at radius 1 is 1.08 bits per heavy atom. The average molecular weight is 539 g/mol. The lowest BCUT2D eigenvalue weighted by atomic mass is 10.00. The Labute approximate surface area is 220 Å². The van der Waals surface area contributed by atoms with Gasteiger partial charge in [-0.25, -0.2) is 17.9 Å². The molecule has 1 N–H and O–H groups in total. The molecule has 2 aliphatic heterocycles. The van der Waals surface area contributed by atoms with Crippen LogP contribution < -0.4 is 14.5 Å². The molecule has 11 heteroatoms. The van der Waals surface area contributed by atoms with E-state index in [1.54, 1.807) is 19.1 Å². The lowest BCUT2D eigenvalue weighted by molar-refractivity contribution is -0.132. The summed E-state index contributed by atoms with van der Waals surface area (Å²) in [6.45, 7) is 6.90. The van der Waals surface area contributed by atoms with Crippen LogP contribution in [0.1, 0.15) is 28.7 Å². The number of hydrogen-bond acceptors (Lipinski definition) is 7. The highest BCUT2D eigenvalue weighted by Gasteiger charge is 2.31. The number of halogens is 1. The minimum atomic E-state index is -4.00. The number of aryl methyl sites for hydroxylation is 1. The largest absolute Gasteiger partial charge is 0.449 e. The summed E-state index contributed by atoms with van der Waals surface area (Å²) in [5, 5.41) is 0.714. The third-order valence-electron chi connectivity index (χ3n) is 6.62. The Balaban J connectivity index is 0.00000253. The highest BCUT2D eigenvalue weighted by Crippen LogP contribution is 2.31. The molecule has 0 saturated carbocycles. The molecule has 2 aromatic rings. The van der Waals surface area contributed by atoms with Crippen LogP contribution in [0.3, 0.4) is 0 Å². The van der Waals surface area contributed by atoms with Crippen molar-refractivity contribution < 1.29 is 25.6 Å². The number of fused-ring (bicyclic) bond motifs is 1. The van der Waals surface area contributed by atoms with Crippen molar-refractivity contribution in [3.63, 3.8) is 0 Å².